The standard InChI is InChI=1S/C16H15N5OS2/c1-21-7-5-11(20-22-2)13-16(21)24-15(19-13)12-9-18-14(23-12)10-4-3-6-17-8-10/h3-4,6,8-9H,5,7H2,1-2H3. The van der Waals surface area contributed by atoms with Crippen LogP contribution in [0.3, 0.4) is 0 Å². The number of oxime groups is 1. The largest absolute Gasteiger partial charge is 0.399 e. The zero-order valence-electron chi connectivity index (χ0n) is 13.3. The molecule has 0 saturated carbocycles. The van der Waals surface area contributed by atoms with Gasteiger partial charge in [-0.1, -0.05) is 16.5 Å². The van der Waals surface area contributed by atoms with Crippen LogP contribution in [0.2, 0.25) is 0 Å². The van der Waals surface area contributed by atoms with Crippen molar-refractivity contribution >= 4 is 33.4 Å². The molecule has 0 aliphatic carbocycles. The number of thiazole rings is 2. The maximum absolute atomic E-state index is 4.97. The summed E-state index contributed by atoms with van der Waals surface area (Å²) in [6, 6.07) is 3.93. The minimum Gasteiger partial charge on any atom is -0.399 e. The Morgan fingerprint density at radius 1 is 1.25 bits per heavy atom. The van der Waals surface area contributed by atoms with Gasteiger partial charge in [-0.3, -0.25) is 4.98 Å². The van der Waals surface area contributed by atoms with Gasteiger partial charge in [0.2, 0.25) is 0 Å². The van der Waals surface area contributed by atoms with Gasteiger partial charge >= 0.3 is 0 Å². The second kappa shape index (κ2) is 6.29. The number of rotatable bonds is 3. The van der Waals surface area contributed by atoms with Crippen molar-refractivity contribution in [2.75, 3.05) is 25.6 Å². The predicted molar refractivity (Wildman–Crippen MR) is 97.9 cm³/mol. The number of hydrogen-bond acceptors (Lipinski definition) is 8. The van der Waals surface area contributed by atoms with E-state index in [0.717, 1.165) is 49.8 Å². The minimum absolute atomic E-state index is 0.837. The van der Waals surface area contributed by atoms with E-state index in [1.165, 1.54) is 0 Å². The number of anilines is 1. The van der Waals surface area contributed by atoms with Gasteiger partial charge in [0.25, 0.3) is 0 Å². The molecule has 0 aromatic carbocycles. The molecule has 3 aromatic heterocycles. The monoisotopic (exact) mass is 357 g/mol. The molecule has 0 amide bonds. The van der Waals surface area contributed by atoms with Gasteiger partial charge < -0.3 is 9.74 Å². The summed E-state index contributed by atoms with van der Waals surface area (Å²) >= 11 is 3.29. The summed E-state index contributed by atoms with van der Waals surface area (Å²) in [4.78, 5) is 21.7. The first-order chi connectivity index (χ1) is 11.8. The van der Waals surface area contributed by atoms with Gasteiger partial charge in [0.1, 0.15) is 33.5 Å². The highest BCUT2D eigenvalue weighted by atomic mass is 32.1. The van der Waals surface area contributed by atoms with Gasteiger partial charge in [-0.15, -0.1) is 11.3 Å². The number of fused-ring (bicyclic) bond motifs is 1. The molecule has 0 spiro atoms. The summed E-state index contributed by atoms with van der Waals surface area (Å²) in [5.41, 5.74) is 2.85. The predicted octanol–water partition coefficient (Wildman–Crippen LogP) is 3.52. The molecule has 0 atom stereocenters. The van der Waals surface area contributed by atoms with E-state index in [1.807, 2.05) is 24.5 Å². The molecule has 24 heavy (non-hydrogen) atoms. The molecule has 0 N–H and O–H groups in total. The molecule has 8 heteroatoms. The lowest BCUT2D eigenvalue weighted by Gasteiger charge is -2.23. The minimum atomic E-state index is 0.837. The van der Waals surface area contributed by atoms with Gasteiger partial charge in [-0.05, 0) is 12.1 Å². The molecule has 0 bridgehead atoms. The highest BCUT2D eigenvalue weighted by molar-refractivity contribution is 7.25. The number of hydrogen-bond donors (Lipinski definition) is 0. The maximum Gasteiger partial charge on any atom is 0.137 e. The van der Waals surface area contributed by atoms with Crippen molar-refractivity contribution in [3.8, 4) is 20.5 Å². The highest BCUT2D eigenvalue weighted by Gasteiger charge is 2.26. The molecule has 6 nitrogen and oxygen atoms in total. The van der Waals surface area contributed by atoms with Crippen molar-refractivity contribution in [1.29, 1.82) is 0 Å². The van der Waals surface area contributed by atoms with E-state index < -0.39 is 0 Å². The molecule has 4 rings (SSSR count). The smallest absolute Gasteiger partial charge is 0.137 e. The van der Waals surface area contributed by atoms with E-state index in [2.05, 4.69) is 27.1 Å². The zero-order valence-corrected chi connectivity index (χ0v) is 14.9. The average molecular weight is 357 g/mol. The number of nitrogens with zero attached hydrogens (tertiary/aromatic N) is 5. The Hall–Kier alpha value is -2.32. The Labute approximate surface area is 147 Å². The second-order valence-corrected chi connectivity index (χ2v) is 7.34. The average Bonchev–Trinajstić information content (AvgIpc) is 3.25. The van der Waals surface area contributed by atoms with Crippen LogP contribution in [0.1, 0.15) is 12.1 Å². The quantitative estimate of drug-likeness (QED) is 0.671. The van der Waals surface area contributed by atoms with E-state index in [1.54, 1.807) is 36.0 Å². The molecule has 4 heterocycles. The molecule has 0 saturated heterocycles. The molecule has 0 fully saturated rings. The van der Waals surface area contributed by atoms with E-state index in [4.69, 9.17) is 9.82 Å². The molecular formula is C16H15N5OS2. The van der Waals surface area contributed by atoms with Crippen molar-refractivity contribution in [1.82, 2.24) is 15.0 Å². The zero-order chi connectivity index (χ0) is 16.5. The van der Waals surface area contributed by atoms with Crippen LogP contribution in [0, 0.1) is 0 Å². The lowest BCUT2D eigenvalue weighted by Crippen LogP contribution is -2.27. The first kappa shape index (κ1) is 15.2. The van der Waals surface area contributed by atoms with E-state index in [-0.39, 0.29) is 0 Å². The Balaban J connectivity index is 1.73. The molecule has 122 valence electrons. The third-order valence-electron chi connectivity index (χ3n) is 3.74. The Kier molecular flexibility index (Phi) is 3.99. The fourth-order valence-corrected chi connectivity index (χ4v) is 4.57. The van der Waals surface area contributed by atoms with Crippen LogP contribution in [0.15, 0.2) is 35.9 Å². The molecular weight excluding hydrogens is 342 g/mol. The lowest BCUT2D eigenvalue weighted by molar-refractivity contribution is 0.212. The van der Waals surface area contributed by atoms with E-state index >= 15 is 0 Å². The molecule has 1 aliphatic heterocycles. The van der Waals surface area contributed by atoms with Crippen LogP contribution < -0.4 is 4.90 Å². The third-order valence-corrected chi connectivity index (χ3v) is 6.13. The van der Waals surface area contributed by atoms with Crippen molar-refractivity contribution < 1.29 is 4.84 Å². The van der Waals surface area contributed by atoms with Crippen LogP contribution in [-0.2, 0) is 4.84 Å². The molecule has 1 aliphatic rings. The van der Waals surface area contributed by atoms with Gasteiger partial charge in [0, 0.05) is 44.2 Å². The maximum atomic E-state index is 4.97. The third kappa shape index (κ3) is 2.67. The van der Waals surface area contributed by atoms with Crippen LogP contribution in [0.25, 0.3) is 20.5 Å². The van der Waals surface area contributed by atoms with Gasteiger partial charge in [0.05, 0.1) is 4.88 Å². The fourth-order valence-electron chi connectivity index (χ4n) is 2.55. The normalized spacial score (nSPS) is 15.6. The summed E-state index contributed by atoms with van der Waals surface area (Å²) < 4.78 is 0. The summed E-state index contributed by atoms with van der Waals surface area (Å²) in [6.07, 6.45) is 6.31. The first-order valence-corrected chi connectivity index (χ1v) is 9.08. The summed E-state index contributed by atoms with van der Waals surface area (Å²) in [6.45, 7) is 0.917. The molecule has 0 radical (unpaired) electrons. The van der Waals surface area contributed by atoms with Crippen molar-refractivity contribution in [3.05, 3.63) is 36.4 Å². The van der Waals surface area contributed by atoms with Crippen LogP contribution in [0.5, 0.6) is 0 Å². The summed E-state index contributed by atoms with van der Waals surface area (Å²) in [7, 11) is 3.65. The number of aromatic nitrogens is 3. The Bertz CT molecular complexity index is 887. The summed E-state index contributed by atoms with van der Waals surface area (Å²) in [5.74, 6) is 0. The highest BCUT2D eigenvalue weighted by Crippen LogP contribution is 2.40. The SMILES string of the molecule is CON=C1CCN(C)c2sc(-c3cnc(-c4cccnc4)s3)nc21. The van der Waals surface area contributed by atoms with Gasteiger partial charge in [0.15, 0.2) is 0 Å². The fraction of sp³-hybridized carbons (Fsp3) is 0.250. The van der Waals surface area contributed by atoms with E-state index in [0.29, 0.717) is 0 Å². The van der Waals surface area contributed by atoms with Crippen LogP contribution >= 0.6 is 22.7 Å². The Morgan fingerprint density at radius 3 is 2.96 bits per heavy atom. The molecule has 3 aromatic rings. The lowest BCUT2D eigenvalue weighted by atomic mass is 10.1. The number of pyridine rings is 1. The van der Waals surface area contributed by atoms with Gasteiger partial charge in [-0.2, -0.15) is 0 Å². The van der Waals surface area contributed by atoms with Crippen LogP contribution in [-0.4, -0.2) is 41.4 Å². The van der Waals surface area contributed by atoms with Crippen molar-refractivity contribution in [2.24, 2.45) is 5.16 Å². The van der Waals surface area contributed by atoms with Crippen molar-refractivity contribution in [2.45, 2.75) is 6.42 Å². The first-order valence-electron chi connectivity index (χ1n) is 7.45. The van der Waals surface area contributed by atoms with Gasteiger partial charge in [-0.25, -0.2) is 9.97 Å². The summed E-state index contributed by atoms with van der Waals surface area (Å²) in [5, 5.41) is 7.17. The van der Waals surface area contributed by atoms with Crippen molar-refractivity contribution in [3.63, 3.8) is 0 Å². The Morgan fingerprint density at radius 2 is 2.17 bits per heavy atom. The topological polar surface area (TPSA) is 63.5 Å². The molecule has 0 unspecified atom stereocenters. The van der Waals surface area contributed by atoms with Crippen LogP contribution in [0.4, 0.5) is 5.00 Å². The second-order valence-electron chi connectivity index (χ2n) is 5.34. The van der Waals surface area contributed by atoms with E-state index in [9.17, 15) is 0 Å².